The van der Waals surface area contributed by atoms with Crippen LogP contribution in [0.5, 0.6) is 0 Å². The largest absolute Gasteiger partial charge is 0.349 e. The van der Waals surface area contributed by atoms with Gasteiger partial charge in [0.1, 0.15) is 0 Å². The molecule has 0 saturated carbocycles. The summed E-state index contributed by atoms with van der Waals surface area (Å²) in [5, 5.41) is 3.01. The minimum absolute atomic E-state index is 0.0534. The molecule has 8 heteroatoms. The van der Waals surface area contributed by atoms with E-state index in [1.165, 1.54) is 0 Å². The number of piperidine rings is 1. The summed E-state index contributed by atoms with van der Waals surface area (Å²) in [7, 11) is 0. The van der Waals surface area contributed by atoms with Crippen molar-refractivity contribution in [1.82, 2.24) is 20.0 Å². The van der Waals surface area contributed by atoms with Crippen LogP contribution in [0.2, 0.25) is 0 Å². The fourth-order valence-corrected chi connectivity index (χ4v) is 3.23. The molecule has 26 heavy (non-hydrogen) atoms. The monoisotopic (exact) mass is 358 g/mol. The molecular formula is C18H22N4O4. The van der Waals surface area contributed by atoms with Crippen molar-refractivity contribution in [2.75, 3.05) is 26.3 Å². The van der Waals surface area contributed by atoms with Crippen LogP contribution in [0.3, 0.4) is 0 Å². The van der Waals surface area contributed by atoms with Crippen molar-refractivity contribution in [2.45, 2.75) is 25.8 Å². The number of likely N-dealkylation sites (N-methyl/N-ethyl adjacent to an activating group) is 1. The van der Waals surface area contributed by atoms with Gasteiger partial charge in [-0.3, -0.25) is 24.2 Å². The molecule has 2 heterocycles. The van der Waals surface area contributed by atoms with Gasteiger partial charge in [0.05, 0.1) is 6.67 Å². The minimum Gasteiger partial charge on any atom is -0.349 e. The summed E-state index contributed by atoms with van der Waals surface area (Å²) in [6.07, 6.45) is 1.44. The lowest BCUT2D eigenvalue weighted by atomic mass is 10.0. The standard InChI is InChI=1S/C18H22N4O4/c1-2-21-16(24)17(25)22(18(21)26)12-20-10-8-14(9-11-20)19-15(23)13-6-4-3-5-7-13/h3-7,14H,2,8-12H2,1H3,(H,19,23). The van der Waals surface area contributed by atoms with Crippen molar-refractivity contribution in [2.24, 2.45) is 0 Å². The van der Waals surface area contributed by atoms with E-state index in [0.29, 0.717) is 18.7 Å². The van der Waals surface area contributed by atoms with Gasteiger partial charge in [-0.05, 0) is 31.9 Å². The van der Waals surface area contributed by atoms with Gasteiger partial charge in [-0.25, -0.2) is 9.69 Å². The van der Waals surface area contributed by atoms with Crippen molar-refractivity contribution < 1.29 is 19.2 Å². The van der Waals surface area contributed by atoms with Gasteiger partial charge >= 0.3 is 17.8 Å². The molecule has 0 atom stereocenters. The number of nitrogens with one attached hydrogen (secondary N) is 1. The summed E-state index contributed by atoms with van der Waals surface area (Å²) >= 11 is 0. The first-order chi connectivity index (χ1) is 12.5. The lowest BCUT2D eigenvalue weighted by Gasteiger charge is -2.33. The maximum atomic E-state index is 12.2. The minimum atomic E-state index is -0.767. The third kappa shape index (κ3) is 3.60. The Morgan fingerprint density at radius 3 is 2.23 bits per heavy atom. The molecule has 1 aromatic rings. The number of benzene rings is 1. The molecule has 2 fully saturated rings. The van der Waals surface area contributed by atoms with Crippen LogP contribution in [0, 0.1) is 0 Å². The Bertz CT molecular complexity index is 713. The molecule has 1 aromatic carbocycles. The van der Waals surface area contributed by atoms with Crippen LogP contribution in [0.15, 0.2) is 30.3 Å². The van der Waals surface area contributed by atoms with E-state index in [9.17, 15) is 19.2 Å². The summed E-state index contributed by atoms with van der Waals surface area (Å²) < 4.78 is 0. The quantitative estimate of drug-likeness (QED) is 0.617. The number of hydrogen-bond acceptors (Lipinski definition) is 5. The Labute approximate surface area is 151 Å². The molecule has 0 bridgehead atoms. The number of amides is 5. The van der Waals surface area contributed by atoms with E-state index >= 15 is 0 Å². The Hall–Kier alpha value is -2.74. The Kier molecular flexibility index (Phi) is 5.32. The number of urea groups is 1. The van der Waals surface area contributed by atoms with Crippen molar-refractivity contribution in [3.05, 3.63) is 35.9 Å². The zero-order chi connectivity index (χ0) is 18.7. The highest BCUT2D eigenvalue weighted by Crippen LogP contribution is 2.16. The zero-order valence-electron chi connectivity index (χ0n) is 14.7. The van der Waals surface area contributed by atoms with E-state index in [2.05, 4.69) is 5.32 Å². The molecule has 2 aliphatic heterocycles. The first-order valence-electron chi connectivity index (χ1n) is 8.77. The van der Waals surface area contributed by atoms with Crippen LogP contribution in [0.4, 0.5) is 4.79 Å². The number of rotatable bonds is 5. The van der Waals surface area contributed by atoms with Crippen molar-refractivity contribution in [3.8, 4) is 0 Å². The van der Waals surface area contributed by atoms with Gasteiger partial charge in [0.15, 0.2) is 0 Å². The Morgan fingerprint density at radius 1 is 1.04 bits per heavy atom. The van der Waals surface area contributed by atoms with E-state index in [0.717, 1.165) is 22.6 Å². The normalized spacial score (nSPS) is 19.3. The lowest BCUT2D eigenvalue weighted by molar-refractivity contribution is -0.143. The molecular weight excluding hydrogens is 336 g/mol. The fourth-order valence-electron chi connectivity index (χ4n) is 3.23. The van der Waals surface area contributed by atoms with Crippen LogP contribution in [0.1, 0.15) is 30.1 Å². The molecule has 1 N–H and O–H groups in total. The van der Waals surface area contributed by atoms with E-state index in [-0.39, 0.29) is 25.2 Å². The van der Waals surface area contributed by atoms with Crippen LogP contribution in [0.25, 0.3) is 0 Å². The van der Waals surface area contributed by atoms with Crippen LogP contribution in [-0.2, 0) is 9.59 Å². The topological polar surface area (TPSA) is 90.0 Å². The predicted molar refractivity (Wildman–Crippen MR) is 93.0 cm³/mol. The molecule has 0 aromatic heterocycles. The second kappa shape index (κ2) is 7.65. The molecule has 0 unspecified atom stereocenters. The van der Waals surface area contributed by atoms with Gasteiger partial charge < -0.3 is 5.32 Å². The molecule has 0 radical (unpaired) electrons. The van der Waals surface area contributed by atoms with Gasteiger partial charge in [0, 0.05) is 31.2 Å². The van der Waals surface area contributed by atoms with Crippen LogP contribution in [-0.4, -0.2) is 70.8 Å². The summed E-state index contributed by atoms with van der Waals surface area (Å²) in [5.74, 6) is -1.63. The summed E-state index contributed by atoms with van der Waals surface area (Å²) in [6.45, 7) is 3.23. The Morgan fingerprint density at radius 2 is 1.65 bits per heavy atom. The third-order valence-electron chi connectivity index (χ3n) is 4.75. The van der Waals surface area contributed by atoms with Crippen molar-refractivity contribution in [1.29, 1.82) is 0 Å². The first kappa shape index (κ1) is 18.1. The molecule has 3 rings (SSSR count). The fraction of sp³-hybridized carbons (Fsp3) is 0.444. The number of hydrogen-bond donors (Lipinski definition) is 1. The van der Waals surface area contributed by atoms with Gasteiger partial charge in [0.2, 0.25) is 0 Å². The molecule has 2 aliphatic rings. The zero-order valence-corrected chi connectivity index (χ0v) is 14.7. The van der Waals surface area contributed by atoms with Crippen molar-refractivity contribution >= 4 is 23.8 Å². The van der Waals surface area contributed by atoms with E-state index in [1.54, 1.807) is 19.1 Å². The maximum absolute atomic E-state index is 12.2. The molecule has 0 aliphatic carbocycles. The van der Waals surface area contributed by atoms with Gasteiger partial charge in [-0.2, -0.15) is 0 Å². The second-order valence-corrected chi connectivity index (χ2v) is 6.44. The van der Waals surface area contributed by atoms with E-state index < -0.39 is 17.8 Å². The molecule has 0 spiro atoms. The number of carbonyl (C=O) groups is 4. The van der Waals surface area contributed by atoms with Gasteiger partial charge in [-0.15, -0.1) is 0 Å². The average Bonchev–Trinajstić information content (AvgIpc) is 2.87. The summed E-state index contributed by atoms with van der Waals surface area (Å²) in [4.78, 5) is 51.9. The molecule has 2 saturated heterocycles. The highest BCUT2D eigenvalue weighted by molar-refractivity contribution is 6.44. The molecule has 5 amide bonds. The maximum Gasteiger partial charge on any atom is 0.335 e. The predicted octanol–water partition coefficient (Wildman–Crippen LogP) is 0.649. The van der Waals surface area contributed by atoms with Crippen LogP contribution < -0.4 is 5.32 Å². The number of imide groups is 2. The average molecular weight is 358 g/mol. The first-order valence-corrected chi connectivity index (χ1v) is 8.77. The van der Waals surface area contributed by atoms with Gasteiger partial charge in [0.25, 0.3) is 5.91 Å². The summed E-state index contributed by atoms with van der Waals surface area (Å²) in [6, 6.07) is 8.54. The Balaban J connectivity index is 1.50. The lowest BCUT2D eigenvalue weighted by Crippen LogP contribution is -2.49. The number of nitrogens with zero attached hydrogens (tertiary/aromatic N) is 3. The third-order valence-corrected chi connectivity index (χ3v) is 4.75. The summed E-state index contributed by atoms with van der Waals surface area (Å²) in [5.41, 5.74) is 0.626. The van der Waals surface area contributed by atoms with Crippen LogP contribution >= 0.6 is 0 Å². The van der Waals surface area contributed by atoms with Crippen molar-refractivity contribution in [3.63, 3.8) is 0 Å². The number of carbonyl (C=O) groups excluding carboxylic acids is 4. The van der Waals surface area contributed by atoms with Gasteiger partial charge in [-0.1, -0.05) is 18.2 Å². The number of likely N-dealkylation sites (tertiary alicyclic amines) is 1. The molecule has 8 nitrogen and oxygen atoms in total. The second-order valence-electron chi connectivity index (χ2n) is 6.44. The molecule has 138 valence electrons. The highest BCUT2D eigenvalue weighted by atomic mass is 16.2. The highest BCUT2D eigenvalue weighted by Gasteiger charge is 2.44. The van der Waals surface area contributed by atoms with E-state index in [1.807, 2.05) is 23.1 Å². The smallest absolute Gasteiger partial charge is 0.335 e. The SMILES string of the molecule is CCN1C(=O)C(=O)N(CN2CCC(NC(=O)c3ccccc3)CC2)C1=O. The van der Waals surface area contributed by atoms with E-state index in [4.69, 9.17) is 0 Å².